The summed E-state index contributed by atoms with van der Waals surface area (Å²) in [5.41, 5.74) is 2.34. The van der Waals surface area contributed by atoms with Gasteiger partial charge >= 0.3 is 5.97 Å². The quantitative estimate of drug-likeness (QED) is 0.903. The smallest absolute Gasteiger partial charge is 0.320 e. The van der Waals surface area contributed by atoms with Gasteiger partial charge in [-0.2, -0.15) is 0 Å². The molecule has 1 aliphatic rings. The Morgan fingerprint density at radius 3 is 2.77 bits per heavy atom. The molecule has 2 aromatic rings. The summed E-state index contributed by atoms with van der Waals surface area (Å²) in [7, 11) is 0. The average molecular weight is 336 g/mol. The second-order valence-electron chi connectivity index (χ2n) is 5.64. The van der Waals surface area contributed by atoms with Crippen molar-refractivity contribution in [3.8, 4) is 0 Å². The summed E-state index contributed by atoms with van der Waals surface area (Å²) in [5.74, 6) is -0.737. The number of hydrogen-bond donors (Lipinski definition) is 1. The molecule has 2 atom stereocenters. The number of benzene rings is 1. The molecule has 1 aromatic carbocycles. The normalized spacial score (nSPS) is 20.2. The van der Waals surface area contributed by atoms with Crippen LogP contribution >= 0.6 is 22.9 Å². The van der Waals surface area contributed by atoms with E-state index in [-0.39, 0.29) is 6.04 Å². The lowest BCUT2D eigenvalue weighted by Crippen LogP contribution is -2.39. The van der Waals surface area contributed by atoms with Crippen molar-refractivity contribution in [1.29, 1.82) is 0 Å². The lowest BCUT2D eigenvalue weighted by Gasteiger charge is -2.31. The Hall–Kier alpha value is -1.36. The van der Waals surface area contributed by atoms with Gasteiger partial charge in [-0.1, -0.05) is 35.9 Å². The molecule has 1 saturated heterocycles. The van der Waals surface area contributed by atoms with Crippen LogP contribution in [0.1, 0.15) is 34.9 Å². The summed E-state index contributed by atoms with van der Waals surface area (Å²) in [5, 5.41) is 9.54. The third kappa shape index (κ3) is 2.91. The van der Waals surface area contributed by atoms with Crippen LogP contribution in [0.15, 0.2) is 36.4 Å². The lowest BCUT2D eigenvalue weighted by atomic mass is 9.98. The molecule has 1 N–H and O–H groups in total. The number of thiophene rings is 1. The molecule has 3 nitrogen and oxygen atoms in total. The number of aliphatic carboxylic acids is 1. The van der Waals surface area contributed by atoms with Crippen molar-refractivity contribution in [3.05, 3.63) is 56.7 Å². The third-order valence-electron chi connectivity index (χ3n) is 4.26. The highest BCUT2D eigenvalue weighted by atomic mass is 35.5. The molecule has 0 spiro atoms. The van der Waals surface area contributed by atoms with Gasteiger partial charge in [0.2, 0.25) is 0 Å². The van der Waals surface area contributed by atoms with Gasteiger partial charge in [-0.15, -0.1) is 11.3 Å². The van der Waals surface area contributed by atoms with Gasteiger partial charge in [0.15, 0.2) is 0 Å². The summed E-state index contributed by atoms with van der Waals surface area (Å²) >= 11 is 7.65. The second-order valence-corrected chi connectivity index (χ2v) is 7.38. The van der Waals surface area contributed by atoms with Crippen LogP contribution < -0.4 is 0 Å². The van der Waals surface area contributed by atoms with E-state index in [0.29, 0.717) is 6.42 Å². The maximum Gasteiger partial charge on any atom is 0.320 e. The van der Waals surface area contributed by atoms with Crippen LogP contribution in [-0.2, 0) is 4.79 Å². The highest BCUT2D eigenvalue weighted by molar-refractivity contribution is 7.16. The van der Waals surface area contributed by atoms with Gasteiger partial charge in [0.05, 0.1) is 10.4 Å². The fourth-order valence-electron chi connectivity index (χ4n) is 3.23. The molecule has 2 heterocycles. The predicted molar refractivity (Wildman–Crippen MR) is 89.7 cm³/mol. The minimum Gasteiger partial charge on any atom is -0.480 e. The third-order valence-corrected chi connectivity index (χ3v) is 5.54. The molecular formula is C17H18ClNO2S. The van der Waals surface area contributed by atoms with E-state index in [1.807, 2.05) is 24.3 Å². The van der Waals surface area contributed by atoms with Crippen LogP contribution in [0.3, 0.4) is 0 Å². The molecule has 0 bridgehead atoms. The maximum absolute atomic E-state index is 11.6. The minimum absolute atomic E-state index is 0.0395. The van der Waals surface area contributed by atoms with Gasteiger partial charge in [-0.05, 0) is 43.0 Å². The Morgan fingerprint density at radius 2 is 2.14 bits per heavy atom. The Bertz CT molecular complexity index is 685. The average Bonchev–Trinajstić information content (AvgIpc) is 3.11. The van der Waals surface area contributed by atoms with Gasteiger partial charge in [0.1, 0.15) is 6.04 Å². The molecular weight excluding hydrogens is 318 g/mol. The first-order valence-corrected chi connectivity index (χ1v) is 8.56. The largest absolute Gasteiger partial charge is 0.480 e. The van der Waals surface area contributed by atoms with Gasteiger partial charge in [0.25, 0.3) is 0 Å². The van der Waals surface area contributed by atoms with Crippen LogP contribution in [0, 0.1) is 6.92 Å². The zero-order valence-electron chi connectivity index (χ0n) is 12.3. The van der Waals surface area contributed by atoms with Crippen molar-refractivity contribution in [3.63, 3.8) is 0 Å². The van der Waals surface area contributed by atoms with E-state index in [1.54, 1.807) is 0 Å². The van der Waals surface area contributed by atoms with Crippen molar-refractivity contribution in [2.45, 2.75) is 31.8 Å². The van der Waals surface area contributed by atoms with Crippen LogP contribution in [0.2, 0.25) is 4.34 Å². The van der Waals surface area contributed by atoms with Crippen LogP contribution in [0.5, 0.6) is 0 Å². The molecule has 22 heavy (non-hydrogen) atoms. The fourth-order valence-corrected chi connectivity index (χ4v) is 4.43. The van der Waals surface area contributed by atoms with Crippen molar-refractivity contribution in [2.75, 3.05) is 6.54 Å². The molecule has 3 rings (SSSR count). The summed E-state index contributed by atoms with van der Waals surface area (Å²) in [6.07, 6.45) is 1.62. The summed E-state index contributed by atoms with van der Waals surface area (Å²) in [4.78, 5) is 14.8. The van der Waals surface area contributed by atoms with Gasteiger partial charge < -0.3 is 5.11 Å². The molecule has 116 valence electrons. The first kappa shape index (κ1) is 15.5. The predicted octanol–water partition coefficient (Wildman–Crippen LogP) is 4.35. The molecule has 5 heteroatoms. The maximum atomic E-state index is 11.6. The molecule has 0 aliphatic carbocycles. The van der Waals surface area contributed by atoms with E-state index < -0.39 is 12.0 Å². The Morgan fingerprint density at radius 1 is 1.36 bits per heavy atom. The standard InChI is InChI=1S/C17H18ClNO2S/c1-11-5-2-3-6-12(11)16(14-8-9-15(18)22-14)19-10-4-7-13(19)17(20)21/h2-3,5-6,8-9,13,16H,4,7,10H2,1H3,(H,20,21). The number of nitrogens with zero attached hydrogens (tertiary/aromatic N) is 1. The summed E-state index contributed by atoms with van der Waals surface area (Å²) in [6.45, 7) is 2.87. The zero-order chi connectivity index (χ0) is 15.7. The number of rotatable bonds is 4. The Kier molecular flexibility index (Phi) is 4.52. The van der Waals surface area contributed by atoms with Crippen LogP contribution in [0.4, 0.5) is 0 Å². The summed E-state index contributed by atoms with van der Waals surface area (Å²) in [6, 6.07) is 11.6. The van der Waals surface area contributed by atoms with Crippen LogP contribution in [0.25, 0.3) is 0 Å². The monoisotopic (exact) mass is 335 g/mol. The fraction of sp³-hybridized carbons (Fsp3) is 0.353. The highest BCUT2D eigenvalue weighted by Crippen LogP contribution is 2.40. The highest BCUT2D eigenvalue weighted by Gasteiger charge is 2.37. The first-order chi connectivity index (χ1) is 10.6. The molecule has 0 amide bonds. The number of carboxylic acids is 1. The van der Waals surface area contributed by atoms with Crippen molar-refractivity contribution in [1.82, 2.24) is 4.90 Å². The van der Waals surface area contributed by atoms with E-state index in [9.17, 15) is 9.90 Å². The second kappa shape index (κ2) is 6.41. The molecule has 0 saturated carbocycles. The molecule has 0 radical (unpaired) electrons. The number of aryl methyl sites for hydroxylation is 1. The van der Waals surface area contributed by atoms with Gasteiger partial charge in [0, 0.05) is 11.4 Å². The number of carboxylic acid groups (broad SMARTS) is 1. The van der Waals surface area contributed by atoms with E-state index in [4.69, 9.17) is 11.6 Å². The molecule has 2 unspecified atom stereocenters. The summed E-state index contributed by atoms with van der Waals surface area (Å²) < 4.78 is 0.736. The van der Waals surface area contributed by atoms with Crippen molar-refractivity contribution in [2.24, 2.45) is 0 Å². The van der Waals surface area contributed by atoms with E-state index in [0.717, 1.165) is 27.7 Å². The number of hydrogen-bond acceptors (Lipinski definition) is 3. The SMILES string of the molecule is Cc1ccccc1C(c1ccc(Cl)s1)N1CCCC1C(=O)O. The number of carbonyl (C=O) groups is 1. The Balaban J connectivity index is 2.07. The van der Waals surface area contributed by atoms with Crippen LogP contribution in [-0.4, -0.2) is 28.6 Å². The van der Waals surface area contributed by atoms with Crippen molar-refractivity contribution >= 4 is 28.9 Å². The molecule has 1 fully saturated rings. The van der Waals surface area contributed by atoms with Crippen molar-refractivity contribution < 1.29 is 9.90 Å². The lowest BCUT2D eigenvalue weighted by molar-refractivity contribution is -0.142. The van der Waals surface area contributed by atoms with E-state index in [1.165, 1.54) is 16.9 Å². The first-order valence-electron chi connectivity index (χ1n) is 7.37. The van der Waals surface area contributed by atoms with Gasteiger partial charge in [-0.3, -0.25) is 9.69 Å². The van der Waals surface area contributed by atoms with Gasteiger partial charge in [-0.25, -0.2) is 0 Å². The van der Waals surface area contributed by atoms with E-state index >= 15 is 0 Å². The van der Waals surface area contributed by atoms with E-state index in [2.05, 4.69) is 24.0 Å². The molecule has 1 aliphatic heterocycles. The Labute approximate surface area is 139 Å². The minimum atomic E-state index is -0.737. The molecule has 1 aromatic heterocycles. The number of halogens is 1. The zero-order valence-corrected chi connectivity index (χ0v) is 13.9. The number of likely N-dealkylation sites (tertiary alicyclic amines) is 1. The topological polar surface area (TPSA) is 40.5 Å².